The largest absolute Gasteiger partial charge is 0.380 e. The van der Waals surface area contributed by atoms with Gasteiger partial charge < -0.3 is 14.6 Å². The van der Waals surface area contributed by atoms with Gasteiger partial charge in [-0.3, -0.25) is 9.59 Å². The Bertz CT molecular complexity index is 1040. The number of nitrogens with one attached hydrogen (secondary N) is 1. The number of likely N-dealkylation sites (tertiary alicyclic amines) is 1. The van der Waals surface area contributed by atoms with Crippen molar-refractivity contribution in [3.05, 3.63) is 70.6 Å². The van der Waals surface area contributed by atoms with Crippen molar-refractivity contribution in [2.75, 3.05) is 20.2 Å². The molecule has 2 heterocycles. The van der Waals surface area contributed by atoms with Crippen molar-refractivity contribution < 1.29 is 9.53 Å². The average Bonchev–Trinajstić information content (AvgIpc) is 2.73. The van der Waals surface area contributed by atoms with Crippen molar-refractivity contribution >= 4 is 16.7 Å². The first-order valence-corrected chi connectivity index (χ1v) is 9.19. The first-order valence-electron chi connectivity index (χ1n) is 9.19. The van der Waals surface area contributed by atoms with E-state index in [-0.39, 0.29) is 17.6 Å². The molecule has 2 aromatic carbocycles. The number of hydrogen-bond donors (Lipinski definition) is 1. The Kier molecular flexibility index (Phi) is 4.77. The number of nitrogens with zero attached hydrogens (tertiary/aromatic N) is 1. The van der Waals surface area contributed by atoms with Gasteiger partial charge in [0.2, 0.25) is 0 Å². The molecule has 1 fully saturated rings. The minimum Gasteiger partial charge on any atom is -0.380 e. The van der Waals surface area contributed by atoms with Crippen molar-refractivity contribution in [2.45, 2.75) is 18.9 Å². The number of carbonyl (C=O) groups is 1. The molecule has 0 radical (unpaired) electrons. The summed E-state index contributed by atoms with van der Waals surface area (Å²) in [5, 5.41) is 1.54. The summed E-state index contributed by atoms with van der Waals surface area (Å²) in [5.41, 5.74) is 2.39. The third-order valence-electron chi connectivity index (χ3n) is 5.22. The second-order valence-corrected chi connectivity index (χ2v) is 6.94. The predicted octanol–water partition coefficient (Wildman–Crippen LogP) is 3.45. The topological polar surface area (TPSA) is 62.4 Å². The zero-order chi connectivity index (χ0) is 18.8. The molecule has 27 heavy (non-hydrogen) atoms. The SMILES string of the molecule is CO[C@@H]1CCCN(C(=O)c2cccc(-c3ccc4cc[nH]c(=O)c4c3)c2)C1. The maximum absolute atomic E-state index is 12.9. The molecule has 4 rings (SSSR count). The summed E-state index contributed by atoms with van der Waals surface area (Å²) in [5.74, 6) is 0.0252. The number of benzene rings is 2. The number of carbonyl (C=O) groups excluding carboxylic acids is 1. The van der Waals surface area contributed by atoms with Crippen LogP contribution >= 0.6 is 0 Å². The molecule has 0 saturated carbocycles. The number of ether oxygens (including phenoxy) is 1. The Morgan fingerprint density at radius 1 is 1.15 bits per heavy atom. The monoisotopic (exact) mass is 362 g/mol. The van der Waals surface area contributed by atoms with Crippen LogP contribution in [-0.2, 0) is 4.74 Å². The van der Waals surface area contributed by atoms with E-state index < -0.39 is 0 Å². The molecule has 1 amide bonds. The van der Waals surface area contributed by atoms with Crippen molar-refractivity contribution in [1.29, 1.82) is 0 Å². The number of aromatic nitrogens is 1. The molecular formula is C22H22N2O3. The van der Waals surface area contributed by atoms with Gasteiger partial charge in [-0.05, 0) is 53.6 Å². The summed E-state index contributed by atoms with van der Waals surface area (Å²) in [7, 11) is 1.70. The van der Waals surface area contributed by atoms with Gasteiger partial charge in [-0.1, -0.05) is 24.3 Å². The summed E-state index contributed by atoms with van der Waals surface area (Å²) < 4.78 is 5.43. The van der Waals surface area contributed by atoms with Crippen LogP contribution in [0.25, 0.3) is 21.9 Å². The molecule has 0 aliphatic carbocycles. The second-order valence-electron chi connectivity index (χ2n) is 6.94. The summed E-state index contributed by atoms with van der Waals surface area (Å²) in [6, 6.07) is 15.3. The van der Waals surface area contributed by atoms with E-state index in [9.17, 15) is 9.59 Å². The molecule has 5 nitrogen and oxygen atoms in total. The quantitative estimate of drug-likeness (QED) is 0.776. The van der Waals surface area contributed by atoms with Gasteiger partial charge >= 0.3 is 0 Å². The summed E-state index contributed by atoms with van der Waals surface area (Å²) >= 11 is 0. The molecule has 1 aliphatic heterocycles. The summed E-state index contributed by atoms with van der Waals surface area (Å²) in [6.07, 6.45) is 3.71. The van der Waals surface area contributed by atoms with Crippen LogP contribution in [0.3, 0.4) is 0 Å². The number of fused-ring (bicyclic) bond motifs is 1. The minimum atomic E-state index is -0.111. The normalized spacial score (nSPS) is 17.2. The van der Waals surface area contributed by atoms with E-state index in [1.807, 2.05) is 53.4 Å². The van der Waals surface area contributed by atoms with Crippen LogP contribution < -0.4 is 5.56 Å². The highest BCUT2D eigenvalue weighted by Crippen LogP contribution is 2.25. The van der Waals surface area contributed by atoms with Crippen molar-refractivity contribution in [1.82, 2.24) is 9.88 Å². The smallest absolute Gasteiger partial charge is 0.255 e. The average molecular weight is 362 g/mol. The third-order valence-corrected chi connectivity index (χ3v) is 5.22. The first-order chi connectivity index (χ1) is 13.2. The number of rotatable bonds is 3. The van der Waals surface area contributed by atoms with Crippen LogP contribution in [0.4, 0.5) is 0 Å². The Hall–Kier alpha value is -2.92. The Labute approximate surface area is 157 Å². The lowest BCUT2D eigenvalue weighted by molar-refractivity contribution is 0.0269. The van der Waals surface area contributed by atoms with E-state index in [1.165, 1.54) is 0 Å². The highest BCUT2D eigenvalue weighted by Gasteiger charge is 2.24. The fourth-order valence-electron chi connectivity index (χ4n) is 3.69. The molecule has 1 N–H and O–H groups in total. The van der Waals surface area contributed by atoms with Crippen molar-refractivity contribution in [3.63, 3.8) is 0 Å². The molecule has 1 aliphatic rings. The highest BCUT2D eigenvalue weighted by atomic mass is 16.5. The lowest BCUT2D eigenvalue weighted by Gasteiger charge is -2.32. The Morgan fingerprint density at radius 2 is 2.00 bits per heavy atom. The number of hydrogen-bond acceptors (Lipinski definition) is 3. The lowest BCUT2D eigenvalue weighted by Crippen LogP contribution is -2.42. The molecular weight excluding hydrogens is 340 g/mol. The highest BCUT2D eigenvalue weighted by molar-refractivity contribution is 5.96. The van der Waals surface area contributed by atoms with Crippen molar-refractivity contribution in [2.24, 2.45) is 0 Å². The fraction of sp³-hybridized carbons (Fsp3) is 0.273. The molecule has 1 atom stereocenters. The van der Waals surface area contributed by atoms with E-state index in [0.29, 0.717) is 17.5 Å². The van der Waals surface area contributed by atoms with Crippen LogP contribution in [0.2, 0.25) is 0 Å². The number of aromatic amines is 1. The first kappa shape index (κ1) is 17.5. The Morgan fingerprint density at radius 3 is 2.85 bits per heavy atom. The molecule has 1 saturated heterocycles. The van der Waals surface area contributed by atoms with Gasteiger partial charge in [-0.25, -0.2) is 0 Å². The maximum Gasteiger partial charge on any atom is 0.255 e. The maximum atomic E-state index is 12.9. The molecule has 0 spiro atoms. The standard InChI is InChI=1S/C22H22N2O3/c1-27-19-6-3-11-24(14-19)22(26)18-5-2-4-16(12-18)17-8-7-15-9-10-23-21(25)20(15)13-17/h2,4-5,7-10,12-13,19H,3,6,11,14H2,1H3,(H,23,25)/t19-/m1/s1. The minimum absolute atomic E-state index is 0.0252. The van der Waals surface area contributed by atoms with Gasteiger partial charge in [0.25, 0.3) is 11.5 Å². The van der Waals surface area contributed by atoms with E-state index in [1.54, 1.807) is 13.3 Å². The summed E-state index contributed by atoms with van der Waals surface area (Å²) in [6.45, 7) is 1.39. The van der Waals surface area contributed by atoms with E-state index >= 15 is 0 Å². The van der Waals surface area contributed by atoms with Gasteiger partial charge in [-0.2, -0.15) is 0 Å². The number of H-pyrrole nitrogens is 1. The van der Waals surface area contributed by atoms with Gasteiger partial charge in [0.05, 0.1) is 6.10 Å². The van der Waals surface area contributed by atoms with Crippen LogP contribution in [0.15, 0.2) is 59.5 Å². The van der Waals surface area contributed by atoms with Gasteiger partial charge in [0, 0.05) is 37.3 Å². The number of piperidine rings is 1. The lowest BCUT2D eigenvalue weighted by atomic mass is 9.99. The number of pyridine rings is 1. The molecule has 0 unspecified atom stereocenters. The van der Waals surface area contributed by atoms with E-state index in [2.05, 4.69) is 4.98 Å². The molecule has 138 valence electrons. The van der Waals surface area contributed by atoms with Crippen LogP contribution in [0.1, 0.15) is 23.2 Å². The van der Waals surface area contributed by atoms with Gasteiger partial charge in [0.15, 0.2) is 0 Å². The van der Waals surface area contributed by atoms with Crippen LogP contribution in [-0.4, -0.2) is 42.1 Å². The van der Waals surface area contributed by atoms with E-state index in [0.717, 1.165) is 35.9 Å². The molecule has 0 bridgehead atoms. The predicted molar refractivity (Wildman–Crippen MR) is 106 cm³/mol. The summed E-state index contributed by atoms with van der Waals surface area (Å²) in [4.78, 5) is 29.6. The zero-order valence-electron chi connectivity index (χ0n) is 15.3. The molecule has 3 aromatic rings. The third kappa shape index (κ3) is 3.51. The van der Waals surface area contributed by atoms with Crippen LogP contribution in [0, 0.1) is 0 Å². The zero-order valence-corrected chi connectivity index (χ0v) is 15.3. The number of methoxy groups -OCH3 is 1. The molecule has 5 heteroatoms. The fourth-order valence-corrected chi connectivity index (χ4v) is 3.69. The second kappa shape index (κ2) is 7.37. The van der Waals surface area contributed by atoms with Gasteiger partial charge in [-0.15, -0.1) is 0 Å². The number of amides is 1. The van der Waals surface area contributed by atoms with Crippen molar-refractivity contribution in [3.8, 4) is 11.1 Å². The van der Waals surface area contributed by atoms with Gasteiger partial charge in [0.1, 0.15) is 0 Å². The molecule has 1 aromatic heterocycles. The van der Waals surface area contributed by atoms with E-state index in [4.69, 9.17) is 4.74 Å². The Balaban J connectivity index is 1.65. The van der Waals surface area contributed by atoms with Crippen LogP contribution in [0.5, 0.6) is 0 Å².